The minimum absolute atomic E-state index is 0.0497. The Morgan fingerprint density at radius 1 is 1.00 bits per heavy atom. The van der Waals surface area contributed by atoms with Gasteiger partial charge in [-0.1, -0.05) is 46.8 Å². The second-order valence-corrected chi connectivity index (χ2v) is 3.64. The van der Waals surface area contributed by atoms with Crippen molar-refractivity contribution in [2.45, 2.75) is 67.1 Å². The lowest BCUT2D eigenvalue weighted by Gasteiger charge is -2.33. The van der Waals surface area contributed by atoms with Crippen LogP contribution in [0.25, 0.3) is 0 Å². The maximum atomic E-state index is 5.70. The van der Waals surface area contributed by atoms with E-state index in [0.717, 1.165) is 0 Å². The van der Waals surface area contributed by atoms with Gasteiger partial charge in [0.25, 0.3) is 0 Å². The molecule has 2 atom stereocenters. The van der Waals surface area contributed by atoms with Crippen LogP contribution in [0, 0.1) is 5.92 Å². The average Bonchev–Trinajstić information content (AvgIpc) is 2.18. The molecule has 1 heteroatoms. The monoisotopic (exact) mass is 200 g/mol. The van der Waals surface area contributed by atoms with Crippen molar-refractivity contribution in [3.05, 3.63) is 12.2 Å². The van der Waals surface area contributed by atoms with E-state index in [1.54, 1.807) is 0 Å². The molecular formula is C13H28O. The Morgan fingerprint density at radius 3 is 1.71 bits per heavy atom. The van der Waals surface area contributed by atoms with Crippen molar-refractivity contribution in [3.8, 4) is 0 Å². The summed E-state index contributed by atoms with van der Waals surface area (Å²) in [5, 5.41) is 0. The minimum atomic E-state index is -0.0497. The Balaban J connectivity index is 0. The van der Waals surface area contributed by atoms with E-state index in [1.165, 1.54) is 0 Å². The first-order valence-corrected chi connectivity index (χ1v) is 5.88. The summed E-state index contributed by atoms with van der Waals surface area (Å²) in [5.74, 6) is 0.563. The summed E-state index contributed by atoms with van der Waals surface area (Å²) in [5.41, 5.74) is -0.0497. The van der Waals surface area contributed by atoms with Crippen molar-refractivity contribution < 1.29 is 4.74 Å². The summed E-state index contributed by atoms with van der Waals surface area (Å²) in [6, 6.07) is 0. The van der Waals surface area contributed by atoms with Crippen LogP contribution in [-0.4, -0.2) is 11.7 Å². The van der Waals surface area contributed by atoms with Crippen molar-refractivity contribution in [2.75, 3.05) is 0 Å². The second kappa shape index (κ2) is 8.05. The molecule has 0 aliphatic carbocycles. The summed E-state index contributed by atoms with van der Waals surface area (Å²) < 4.78 is 5.70. The van der Waals surface area contributed by atoms with E-state index in [1.807, 2.05) is 27.7 Å². The number of ether oxygens (including phenoxy) is 1. The van der Waals surface area contributed by atoms with Crippen molar-refractivity contribution in [2.24, 2.45) is 5.92 Å². The van der Waals surface area contributed by atoms with Crippen molar-refractivity contribution in [3.63, 3.8) is 0 Å². The Labute approximate surface area is 90.5 Å². The Hall–Kier alpha value is -0.300. The first-order valence-electron chi connectivity index (χ1n) is 5.88. The van der Waals surface area contributed by atoms with Gasteiger partial charge in [-0.2, -0.15) is 0 Å². The third kappa shape index (κ3) is 6.20. The summed E-state index contributed by atoms with van der Waals surface area (Å²) in [6.45, 7) is 16.5. The third-order valence-corrected chi connectivity index (χ3v) is 2.03. The highest BCUT2D eigenvalue weighted by Gasteiger charge is 2.25. The van der Waals surface area contributed by atoms with Gasteiger partial charge in [0.1, 0.15) is 0 Å². The minimum Gasteiger partial charge on any atom is -0.368 e. The smallest absolute Gasteiger partial charge is 0.0810 e. The second-order valence-electron chi connectivity index (χ2n) is 3.64. The van der Waals surface area contributed by atoms with Crippen LogP contribution in [0.15, 0.2) is 12.2 Å². The van der Waals surface area contributed by atoms with E-state index in [2.05, 4.69) is 39.8 Å². The average molecular weight is 200 g/mol. The van der Waals surface area contributed by atoms with Gasteiger partial charge in [-0.05, 0) is 20.8 Å². The lowest BCUT2D eigenvalue weighted by molar-refractivity contribution is -0.0580. The quantitative estimate of drug-likeness (QED) is 0.526. The summed E-state index contributed by atoms with van der Waals surface area (Å²) >= 11 is 0. The number of rotatable bonds is 0. The van der Waals surface area contributed by atoms with Gasteiger partial charge in [0.15, 0.2) is 0 Å². The summed E-state index contributed by atoms with van der Waals surface area (Å²) in [7, 11) is 0. The molecule has 2 unspecified atom stereocenters. The van der Waals surface area contributed by atoms with Gasteiger partial charge in [0.05, 0.1) is 11.7 Å². The first-order chi connectivity index (χ1) is 6.51. The molecule has 0 bridgehead atoms. The molecule has 0 amide bonds. The van der Waals surface area contributed by atoms with E-state index in [-0.39, 0.29) is 5.60 Å². The Kier molecular flexibility index (Phi) is 9.28. The van der Waals surface area contributed by atoms with Crippen LogP contribution < -0.4 is 0 Å². The highest BCUT2D eigenvalue weighted by molar-refractivity contribution is 5.04. The topological polar surface area (TPSA) is 9.23 Å². The molecule has 0 N–H and O–H groups in total. The van der Waals surface area contributed by atoms with Crippen LogP contribution >= 0.6 is 0 Å². The van der Waals surface area contributed by atoms with Crippen LogP contribution in [0.4, 0.5) is 0 Å². The zero-order chi connectivity index (χ0) is 11.8. The summed E-state index contributed by atoms with van der Waals surface area (Å²) in [6.07, 6.45) is 4.73. The number of hydrogen-bond donors (Lipinski definition) is 0. The van der Waals surface area contributed by atoms with Gasteiger partial charge in [-0.15, -0.1) is 0 Å². The maximum absolute atomic E-state index is 5.70. The van der Waals surface area contributed by atoms with Crippen LogP contribution in [0.2, 0.25) is 0 Å². The van der Waals surface area contributed by atoms with E-state index in [9.17, 15) is 0 Å². The normalized spacial score (nSPS) is 28.0. The maximum Gasteiger partial charge on any atom is 0.0810 e. The molecule has 0 aromatic carbocycles. The van der Waals surface area contributed by atoms with E-state index in [0.29, 0.717) is 12.0 Å². The van der Waals surface area contributed by atoms with E-state index >= 15 is 0 Å². The highest BCUT2D eigenvalue weighted by Crippen LogP contribution is 2.24. The lowest BCUT2D eigenvalue weighted by Crippen LogP contribution is -2.34. The molecule has 1 rings (SSSR count). The van der Waals surface area contributed by atoms with Gasteiger partial charge in [0, 0.05) is 5.92 Å². The fraction of sp³-hybridized carbons (Fsp3) is 0.846. The largest absolute Gasteiger partial charge is 0.368 e. The molecule has 86 valence electrons. The fourth-order valence-corrected chi connectivity index (χ4v) is 1.17. The Morgan fingerprint density at radius 2 is 1.43 bits per heavy atom. The van der Waals surface area contributed by atoms with Crippen LogP contribution in [0.3, 0.4) is 0 Å². The Bertz CT molecular complexity index is 147. The van der Waals surface area contributed by atoms with Gasteiger partial charge in [-0.3, -0.25) is 0 Å². The van der Waals surface area contributed by atoms with Crippen molar-refractivity contribution in [1.82, 2.24) is 0 Å². The molecule has 1 nitrogen and oxygen atoms in total. The molecule has 0 spiro atoms. The first kappa shape index (κ1) is 16.1. The van der Waals surface area contributed by atoms with Crippen molar-refractivity contribution in [1.29, 1.82) is 0 Å². The fourth-order valence-electron chi connectivity index (χ4n) is 1.17. The predicted molar refractivity (Wildman–Crippen MR) is 65.6 cm³/mol. The molecule has 1 aliphatic heterocycles. The molecule has 1 aliphatic rings. The summed E-state index contributed by atoms with van der Waals surface area (Å²) in [4.78, 5) is 0. The highest BCUT2D eigenvalue weighted by atomic mass is 16.5. The lowest BCUT2D eigenvalue weighted by atomic mass is 9.96. The van der Waals surface area contributed by atoms with Gasteiger partial charge < -0.3 is 4.74 Å². The van der Waals surface area contributed by atoms with Crippen LogP contribution in [0.1, 0.15) is 55.4 Å². The molecule has 0 aromatic rings. The number of hydrogen-bond acceptors (Lipinski definition) is 1. The van der Waals surface area contributed by atoms with Crippen LogP contribution in [-0.2, 0) is 4.74 Å². The zero-order valence-corrected chi connectivity index (χ0v) is 11.2. The van der Waals surface area contributed by atoms with E-state index < -0.39 is 0 Å². The van der Waals surface area contributed by atoms with Crippen molar-refractivity contribution >= 4 is 0 Å². The SMILES string of the molecule is CC.CC.CC1C=CC(C)(C)OC1C. The third-order valence-electron chi connectivity index (χ3n) is 2.03. The molecule has 1 heterocycles. The van der Waals surface area contributed by atoms with Gasteiger partial charge in [0.2, 0.25) is 0 Å². The standard InChI is InChI=1S/C9H16O.2C2H6/c1-7-5-6-9(3,4)10-8(7)2;2*1-2/h5-8H,1-4H3;2*1-2H3. The molecule has 0 saturated heterocycles. The molecular weight excluding hydrogens is 172 g/mol. The zero-order valence-electron chi connectivity index (χ0n) is 11.2. The van der Waals surface area contributed by atoms with Gasteiger partial charge >= 0.3 is 0 Å². The van der Waals surface area contributed by atoms with Gasteiger partial charge in [-0.25, -0.2) is 0 Å². The molecule has 0 saturated carbocycles. The predicted octanol–water partition coefficient (Wildman–Crippen LogP) is 4.43. The van der Waals surface area contributed by atoms with Crippen LogP contribution in [0.5, 0.6) is 0 Å². The van der Waals surface area contributed by atoms with E-state index in [4.69, 9.17) is 4.74 Å². The molecule has 0 aromatic heterocycles. The molecule has 0 fully saturated rings. The molecule has 0 radical (unpaired) electrons. The molecule has 14 heavy (non-hydrogen) atoms.